The maximum atomic E-state index is 11.0. The molecular formula is C25H32BrN2OS-. The molecule has 0 amide bonds. The van der Waals surface area contributed by atoms with Crippen molar-refractivity contribution in [1.82, 2.24) is 4.98 Å². The summed E-state index contributed by atoms with van der Waals surface area (Å²) in [6, 6.07) is 12.5. The van der Waals surface area contributed by atoms with Crippen molar-refractivity contribution in [3.63, 3.8) is 0 Å². The van der Waals surface area contributed by atoms with E-state index in [9.17, 15) is 5.11 Å². The highest BCUT2D eigenvalue weighted by Gasteiger charge is 2.27. The van der Waals surface area contributed by atoms with Gasteiger partial charge in [-0.25, -0.2) is 4.98 Å². The quantitative estimate of drug-likeness (QED) is 0.572. The Kier molecular flexibility index (Phi) is 7.10. The van der Waals surface area contributed by atoms with Gasteiger partial charge in [0.1, 0.15) is 5.75 Å². The number of aromatic nitrogens is 1. The normalized spacial score (nSPS) is 11.9. The Morgan fingerprint density at radius 2 is 1.37 bits per heavy atom. The van der Waals surface area contributed by atoms with Crippen LogP contribution in [0.1, 0.15) is 63.1 Å². The molecule has 0 atom stereocenters. The number of anilines is 2. The summed E-state index contributed by atoms with van der Waals surface area (Å²) in [5, 5.41) is 15.3. The molecule has 0 saturated heterocycles. The van der Waals surface area contributed by atoms with Crippen LogP contribution in [0.25, 0.3) is 11.3 Å². The van der Waals surface area contributed by atoms with Crippen molar-refractivity contribution >= 4 is 22.2 Å². The van der Waals surface area contributed by atoms with Crippen LogP contribution in [-0.4, -0.2) is 10.1 Å². The molecule has 0 saturated carbocycles. The van der Waals surface area contributed by atoms with Crippen LogP contribution in [0.2, 0.25) is 0 Å². The Hall–Kier alpha value is -1.85. The molecular weight excluding hydrogens is 456 g/mol. The van der Waals surface area contributed by atoms with Gasteiger partial charge in [0, 0.05) is 27.3 Å². The molecule has 30 heavy (non-hydrogen) atoms. The maximum absolute atomic E-state index is 11.0. The average molecular weight is 489 g/mol. The molecule has 0 aliphatic carbocycles. The maximum Gasteiger partial charge on any atom is 0.187 e. The number of hydrogen-bond donors (Lipinski definition) is 2. The second-order valence-electron chi connectivity index (χ2n) is 9.83. The number of hydrogen-bond acceptors (Lipinski definition) is 4. The summed E-state index contributed by atoms with van der Waals surface area (Å²) in [5.74, 6) is 0.402. The van der Waals surface area contributed by atoms with Crippen LogP contribution in [0.4, 0.5) is 10.8 Å². The summed E-state index contributed by atoms with van der Waals surface area (Å²) in [5.41, 5.74) is 5.90. The molecule has 1 aromatic heterocycles. The highest BCUT2D eigenvalue weighted by atomic mass is 79.9. The molecule has 0 aliphatic heterocycles. The minimum absolute atomic E-state index is 0. The molecule has 3 nitrogen and oxygen atoms in total. The summed E-state index contributed by atoms with van der Waals surface area (Å²) in [7, 11) is 0. The Bertz CT molecular complexity index is 990. The number of rotatable bonds is 3. The third-order valence-corrected chi connectivity index (χ3v) is 5.99. The van der Waals surface area contributed by atoms with E-state index in [0.717, 1.165) is 38.1 Å². The first-order valence-electron chi connectivity index (χ1n) is 10.1. The van der Waals surface area contributed by atoms with Crippen LogP contribution in [0.15, 0.2) is 36.4 Å². The zero-order chi connectivity index (χ0) is 21.6. The molecule has 0 aliphatic rings. The second kappa shape index (κ2) is 8.72. The predicted molar refractivity (Wildman–Crippen MR) is 126 cm³/mol. The van der Waals surface area contributed by atoms with E-state index >= 15 is 0 Å². The fourth-order valence-electron chi connectivity index (χ4n) is 3.39. The highest BCUT2D eigenvalue weighted by molar-refractivity contribution is 7.16. The largest absolute Gasteiger partial charge is 1.00 e. The van der Waals surface area contributed by atoms with Gasteiger partial charge in [-0.05, 0) is 48.9 Å². The Morgan fingerprint density at radius 1 is 0.867 bits per heavy atom. The Balaban J connectivity index is 0.00000320. The van der Waals surface area contributed by atoms with Gasteiger partial charge in [0.25, 0.3) is 0 Å². The molecule has 2 aromatic carbocycles. The van der Waals surface area contributed by atoms with E-state index < -0.39 is 0 Å². The van der Waals surface area contributed by atoms with E-state index in [-0.39, 0.29) is 27.8 Å². The van der Waals surface area contributed by atoms with Crippen LogP contribution < -0.4 is 22.3 Å². The summed E-state index contributed by atoms with van der Waals surface area (Å²) >= 11 is 1.65. The third kappa shape index (κ3) is 5.25. The smallest absolute Gasteiger partial charge is 0.187 e. The molecule has 0 radical (unpaired) electrons. The number of aryl methyl sites for hydroxylation is 2. The van der Waals surface area contributed by atoms with E-state index in [0.29, 0.717) is 5.75 Å². The monoisotopic (exact) mass is 487 g/mol. The summed E-state index contributed by atoms with van der Waals surface area (Å²) in [4.78, 5) is 6.06. The Labute approximate surface area is 195 Å². The van der Waals surface area contributed by atoms with Crippen molar-refractivity contribution in [2.45, 2.75) is 66.2 Å². The average Bonchev–Trinajstić information content (AvgIpc) is 2.95. The second-order valence-corrected chi connectivity index (χ2v) is 11.0. The fourth-order valence-corrected chi connectivity index (χ4v) is 4.25. The lowest BCUT2D eigenvalue weighted by atomic mass is 9.78. The first kappa shape index (κ1) is 24.4. The van der Waals surface area contributed by atoms with E-state index in [1.165, 1.54) is 5.56 Å². The van der Waals surface area contributed by atoms with Gasteiger partial charge >= 0.3 is 0 Å². The van der Waals surface area contributed by atoms with Crippen molar-refractivity contribution in [2.75, 3.05) is 5.32 Å². The minimum Gasteiger partial charge on any atom is -1.00 e. The van der Waals surface area contributed by atoms with Gasteiger partial charge in [0.05, 0.1) is 5.69 Å². The molecule has 1 heterocycles. The third-order valence-electron chi connectivity index (χ3n) is 5.10. The lowest BCUT2D eigenvalue weighted by Crippen LogP contribution is -3.00. The van der Waals surface area contributed by atoms with Crippen LogP contribution in [0.3, 0.4) is 0 Å². The van der Waals surface area contributed by atoms with Crippen LogP contribution in [0.5, 0.6) is 5.75 Å². The van der Waals surface area contributed by atoms with Crippen LogP contribution >= 0.6 is 11.3 Å². The molecule has 2 N–H and O–H groups in total. The molecule has 0 spiro atoms. The molecule has 0 unspecified atom stereocenters. The van der Waals surface area contributed by atoms with Crippen molar-refractivity contribution < 1.29 is 22.1 Å². The van der Waals surface area contributed by atoms with Crippen molar-refractivity contribution in [1.29, 1.82) is 0 Å². The molecule has 3 rings (SSSR count). The van der Waals surface area contributed by atoms with Gasteiger partial charge in [-0.2, -0.15) is 0 Å². The summed E-state index contributed by atoms with van der Waals surface area (Å²) in [6.45, 7) is 17.0. The zero-order valence-corrected chi connectivity index (χ0v) is 21.5. The van der Waals surface area contributed by atoms with Crippen molar-refractivity contribution in [3.05, 3.63) is 58.0 Å². The van der Waals surface area contributed by atoms with Gasteiger partial charge in [-0.15, -0.1) is 11.3 Å². The van der Waals surface area contributed by atoms with Crippen molar-refractivity contribution in [3.8, 4) is 17.0 Å². The molecule has 162 valence electrons. The number of aromatic hydroxyl groups is 1. The molecule has 5 heteroatoms. The lowest BCUT2D eigenvalue weighted by Gasteiger charge is -2.28. The fraction of sp³-hybridized carbons (Fsp3) is 0.400. The number of nitrogens with one attached hydrogen (secondary N) is 1. The van der Waals surface area contributed by atoms with E-state index in [1.807, 2.05) is 0 Å². The number of phenolic OH excluding ortho intramolecular Hbond substituents is 1. The molecule has 0 fully saturated rings. The molecule has 3 aromatic rings. The minimum atomic E-state index is -0.160. The van der Waals surface area contributed by atoms with Gasteiger partial charge < -0.3 is 27.4 Å². The lowest BCUT2D eigenvalue weighted by molar-refractivity contribution is -0.00000812. The van der Waals surface area contributed by atoms with Crippen molar-refractivity contribution in [2.24, 2.45) is 0 Å². The van der Waals surface area contributed by atoms with E-state index in [1.54, 1.807) is 11.3 Å². The summed E-state index contributed by atoms with van der Waals surface area (Å²) < 4.78 is 0. The zero-order valence-electron chi connectivity index (χ0n) is 19.1. The van der Waals surface area contributed by atoms with Crippen LogP contribution in [0, 0.1) is 13.8 Å². The number of phenols is 1. The van der Waals surface area contributed by atoms with E-state index in [4.69, 9.17) is 4.98 Å². The van der Waals surface area contributed by atoms with E-state index in [2.05, 4.69) is 97.1 Å². The molecule has 0 bridgehead atoms. The van der Waals surface area contributed by atoms with Gasteiger partial charge in [-0.3, -0.25) is 0 Å². The SMILES string of the molecule is Cc1ccc(Nc2nc(-c3cc(C(C)(C)C)c(O)c(C(C)(C)C)c3)c(C)s2)cc1.[Br-]. The van der Waals surface area contributed by atoms with Gasteiger partial charge in [0.15, 0.2) is 5.13 Å². The topological polar surface area (TPSA) is 45.2 Å². The number of thiazole rings is 1. The number of benzene rings is 2. The van der Waals surface area contributed by atoms with Gasteiger partial charge in [-0.1, -0.05) is 59.2 Å². The number of nitrogens with zero attached hydrogens (tertiary/aromatic N) is 1. The summed E-state index contributed by atoms with van der Waals surface area (Å²) in [6.07, 6.45) is 0. The first-order chi connectivity index (χ1) is 13.4. The predicted octanol–water partition coefficient (Wildman–Crippen LogP) is 4.48. The highest BCUT2D eigenvalue weighted by Crippen LogP contribution is 2.43. The van der Waals surface area contributed by atoms with Crippen LogP contribution in [-0.2, 0) is 10.8 Å². The standard InChI is InChI=1S/C25H32N2OS.BrH/c1-15-9-11-18(12-10-15)26-23-27-21(16(2)29-23)17-13-19(24(3,4)5)22(28)20(14-17)25(6,7)8;/h9-14,28H,1-8H3,(H,26,27);1H/p-1. The Morgan fingerprint density at radius 3 is 1.83 bits per heavy atom. The van der Waals surface area contributed by atoms with Gasteiger partial charge in [0.2, 0.25) is 0 Å². The number of halogens is 1. The first-order valence-corrected chi connectivity index (χ1v) is 10.9.